The molecular formula is C18H19N. The van der Waals surface area contributed by atoms with Crippen LogP contribution in [0.1, 0.15) is 24.5 Å². The first-order chi connectivity index (χ1) is 9.45. The predicted octanol–water partition coefficient (Wildman–Crippen LogP) is 4.43. The molecule has 0 bridgehead atoms. The van der Waals surface area contributed by atoms with Gasteiger partial charge in [0.1, 0.15) is 0 Å². The fourth-order valence-corrected chi connectivity index (χ4v) is 2.93. The van der Waals surface area contributed by atoms with Gasteiger partial charge in [0, 0.05) is 29.6 Å². The summed E-state index contributed by atoms with van der Waals surface area (Å²) in [6.07, 6.45) is 22.4. The molecule has 0 unspecified atom stereocenters. The Morgan fingerprint density at radius 1 is 0.842 bits per heavy atom. The highest BCUT2D eigenvalue weighted by Crippen LogP contribution is 2.37. The third kappa shape index (κ3) is 2.76. The highest BCUT2D eigenvalue weighted by atomic mass is 14.7. The molecule has 1 heteroatoms. The first-order valence-electron chi connectivity index (χ1n) is 7.03. The molecule has 1 heterocycles. The predicted molar refractivity (Wildman–Crippen MR) is 79.8 cm³/mol. The van der Waals surface area contributed by atoms with E-state index in [1.165, 1.54) is 5.69 Å². The molecule has 0 radical (unpaired) electrons. The average molecular weight is 249 g/mol. The lowest BCUT2D eigenvalue weighted by molar-refractivity contribution is 0.498. The number of rotatable bonds is 3. The number of allylic oxidation sites excluding steroid dienone is 8. The largest absolute Gasteiger partial charge is 0.261 e. The van der Waals surface area contributed by atoms with Gasteiger partial charge in [0.25, 0.3) is 0 Å². The van der Waals surface area contributed by atoms with Crippen molar-refractivity contribution in [1.29, 1.82) is 0 Å². The van der Waals surface area contributed by atoms with Crippen molar-refractivity contribution in [2.24, 2.45) is 11.8 Å². The van der Waals surface area contributed by atoms with E-state index in [1.807, 2.05) is 12.3 Å². The Morgan fingerprint density at radius 3 is 1.89 bits per heavy atom. The molecule has 0 N–H and O–H groups in total. The Hall–Kier alpha value is -1.89. The quantitative estimate of drug-likeness (QED) is 0.722. The van der Waals surface area contributed by atoms with Gasteiger partial charge in [0.15, 0.2) is 0 Å². The molecule has 1 aromatic rings. The Kier molecular flexibility index (Phi) is 3.73. The van der Waals surface area contributed by atoms with Crippen LogP contribution in [0, 0.1) is 11.8 Å². The molecule has 0 aliphatic heterocycles. The van der Waals surface area contributed by atoms with Gasteiger partial charge in [-0.15, -0.1) is 0 Å². The molecule has 0 atom stereocenters. The van der Waals surface area contributed by atoms with Crippen LogP contribution >= 0.6 is 0 Å². The van der Waals surface area contributed by atoms with Gasteiger partial charge in [-0.1, -0.05) is 54.7 Å². The van der Waals surface area contributed by atoms with Gasteiger partial charge in [0.2, 0.25) is 0 Å². The van der Waals surface area contributed by atoms with Gasteiger partial charge in [-0.2, -0.15) is 0 Å². The van der Waals surface area contributed by atoms with Crippen molar-refractivity contribution in [3.8, 4) is 0 Å². The summed E-state index contributed by atoms with van der Waals surface area (Å²) in [4.78, 5) is 4.59. The van der Waals surface area contributed by atoms with E-state index in [0.717, 1.165) is 12.8 Å². The number of nitrogens with zero attached hydrogens (tertiary/aromatic N) is 1. The van der Waals surface area contributed by atoms with Gasteiger partial charge in [-0.25, -0.2) is 0 Å². The SMILES string of the molecule is C1=CC(C(c2ccccn2)C2C=CCC=C2)C=CC1. The number of hydrogen-bond acceptors (Lipinski definition) is 1. The van der Waals surface area contributed by atoms with Gasteiger partial charge in [0.05, 0.1) is 0 Å². The van der Waals surface area contributed by atoms with Crippen LogP contribution in [0.15, 0.2) is 73.0 Å². The van der Waals surface area contributed by atoms with Crippen LogP contribution in [0.3, 0.4) is 0 Å². The van der Waals surface area contributed by atoms with Crippen LogP contribution in [0.2, 0.25) is 0 Å². The molecule has 2 aliphatic rings. The summed E-state index contributed by atoms with van der Waals surface area (Å²) in [7, 11) is 0. The van der Waals surface area contributed by atoms with Crippen molar-refractivity contribution >= 4 is 0 Å². The Balaban J connectivity index is 1.95. The summed E-state index contributed by atoms with van der Waals surface area (Å²) in [6, 6.07) is 6.22. The second-order valence-corrected chi connectivity index (χ2v) is 5.12. The van der Waals surface area contributed by atoms with E-state index in [-0.39, 0.29) is 0 Å². The molecule has 2 aliphatic carbocycles. The van der Waals surface area contributed by atoms with Crippen molar-refractivity contribution in [3.05, 3.63) is 78.7 Å². The van der Waals surface area contributed by atoms with Crippen molar-refractivity contribution in [2.75, 3.05) is 0 Å². The van der Waals surface area contributed by atoms with Gasteiger partial charge in [-0.05, 0) is 25.0 Å². The first-order valence-corrected chi connectivity index (χ1v) is 7.03. The normalized spacial score (nSPS) is 19.4. The molecule has 1 aromatic heterocycles. The molecule has 1 nitrogen and oxygen atoms in total. The Bertz CT molecular complexity index is 468. The molecule has 0 saturated heterocycles. The molecular weight excluding hydrogens is 230 g/mol. The summed E-state index contributed by atoms with van der Waals surface area (Å²) in [6.45, 7) is 0. The number of hydrogen-bond donors (Lipinski definition) is 0. The molecule has 19 heavy (non-hydrogen) atoms. The lowest BCUT2D eigenvalue weighted by Gasteiger charge is -2.29. The fraction of sp³-hybridized carbons (Fsp3) is 0.278. The highest BCUT2D eigenvalue weighted by molar-refractivity contribution is 5.26. The van der Waals surface area contributed by atoms with Crippen LogP contribution in [0.5, 0.6) is 0 Å². The van der Waals surface area contributed by atoms with E-state index in [4.69, 9.17) is 0 Å². The van der Waals surface area contributed by atoms with E-state index in [1.54, 1.807) is 0 Å². The maximum atomic E-state index is 4.59. The maximum Gasteiger partial charge on any atom is 0.0452 e. The van der Waals surface area contributed by atoms with Crippen molar-refractivity contribution in [3.63, 3.8) is 0 Å². The fourth-order valence-electron chi connectivity index (χ4n) is 2.93. The monoisotopic (exact) mass is 249 g/mol. The van der Waals surface area contributed by atoms with Crippen molar-refractivity contribution in [2.45, 2.75) is 18.8 Å². The van der Waals surface area contributed by atoms with E-state index >= 15 is 0 Å². The molecule has 0 amide bonds. The van der Waals surface area contributed by atoms with Crippen LogP contribution in [-0.4, -0.2) is 4.98 Å². The van der Waals surface area contributed by atoms with Gasteiger partial charge >= 0.3 is 0 Å². The van der Waals surface area contributed by atoms with Gasteiger partial charge < -0.3 is 0 Å². The zero-order valence-corrected chi connectivity index (χ0v) is 11.0. The summed E-state index contributed by atoms with van der Waals surface area (Å²) >= 11 is 0. The van der Waals surface area contributed by atoms with Crippen LogP contribution in [0.4, 0.5) is 0 Å². The maximum absolute atomic E-state index is 4.59. The van der Waals surface area contributed by atoms with E-state index in [0.29, 0.717) is 17.8 Å². The minimum absolute atomic E-state index is 0.404. The Morgan fingerprint density at radius 2 is 1.42 bits per heavy atom. The van der Waals surface area contributed by atoms with Crippen LogP contribution < -0.4 is 0 Å². The van der Waals surface area contributed by atoms with Crippen molar-refractivity contribution in [1.82, 2.24) is 4.98 Å². The van der Waals surface area contributed by atoms with Crippen molar-refractivity contribution < 1.29 is 0 Å². The topological polar surface area (TPSA) is 12.9 Å². The minimum Gasteiger partial charge on any atom is -0.261 e. The first kappa shape index (κ1) is 12.2. The average Bonchev–Trinajstić information content (AvgIpc) is 2.51. The summed E-state index contributed by atoms with van der Waals surface area (Å²) in [5, 5.41) is 0. The summed E-state index contributed by atoms with van der Waals surface area (Å²) in [5.74, 6) is 1.30. The highest BCUT2D eigenvalue weighted by Gasteiger charge is 2.27. The standard InChI is InChI=1S/C18H19N/c1-3-9-15(10-4-1)18(16-11-5-2-6-12-16)17-13-7-8-14-19-17/h3-16,18H,1-2H2. The third-order valence-electron chi connectivity index (χ3n) is 3.84. The minimum atomic E-state index is 0.404. The van der Waals surface area contributed by atoms with E-state index < -0.39 is 0 Å². The molecule has 0 aromatic carbocycles. The molecule has 3 rings (SSSR count). The molecule has 0 fully saturated rings. The third-order valence-corrected chi connectivity index (χ3v) is 3.84. The van der Waals surface area contributed by atoms with E-state index in [2.05, 4.69) is 65.7 Å². The number of aromatic nitrogens is 1. The second kappa shape index (κ2) is 5.83. The van der Waals surface area contributed by atoms with Gasteiger partial charge in [-0.3, -0.25) is 4.98 Å². The van der Waals surface area contributed by atoms with Crippen LogP contribution in [0.25, 0.3) is 0 Å². The lowest BCUT2D eigenvalue weighted by atomic mass is 9.76. The zero-order chi connectivity index (χ0) is 12.9. The smallest absolute Gasteiger partial charge is 0.0452 e. The lowest BCUT2D eigenvalue weighted by Crippen LogP contribution is -2.19. The molecule has 96 valence electrons. The van der Waals surface area contributed by atoms with E-state index in [9.17, 15) is 0 Å². The van der Waals surface area contributed by atoms with Crippen LogP contribution in [-0.2, 0) is 0 Å². The molecule has 0 saturated carbocycles. The zero-order valence-electron chi connectivity index (χ0n) is 11.0. The number of pyridine rings is 1. The Labute approximate surface area is 115 Å². The molecule has 0 spiro atoms. The summed E-state index contributed by atoms with van der Waals surface area (Å²) < 4.78 is 0. The summed E-state index contributed by atoms with van der Waals surface area (Å²) in [5.41, 5.74) is 1.19. The second-order valence-electron chi connectivity index (χ2n) is 5.12.